The van der Waals surface area contributed by atoms with Crippen LogP contribution < -0.4 is 0 Å². The Morgan fingerprint density at radius 2 is 1.84 bits per heavy atom. The maximum atomic E-state index is 12.7. The van der Waals surface area contributed by atoms with Gasteiger partial charge in [-0.15, -0.1) is 0 Å². The predicted molar refractivity (Wildman–Crippen MR) is 80.5 cm³/mol. The number of hydrogen-bond donors (Lipinski definition) is 0. The van der Waals surface area contributed by atoms with Crippen molar-refractivity contribution in [3.05, 3.63) is 35.6 Å². The fourth-order valence-electron chi connectivity index (χ4n) is 1.88. The van der Waals surface area contributed by atoms with Gasteiger partial charge in [0, 0.05) is 12.0 Å². The number of nitrogens with zero attached hydrogens (tertiary/aromatic N) is 1. The quantitative estimate of drug-likeness (QED) is 0.511. The minimum atomic E-state index is -0.301. The van der Waals surface area contributed by atoms with Gasteiger partial charge in [0.15, 0.2) is 5.78 Å². The Morgan fingerprint density at radius 1 is 1.21 bits per heavy atom. The molecule has 2 nitrogen and oxygen atoms in total. The number of carbonyl (C=O) groups is 1. The Morgan fingerprint density at radius 3 is 2.47 bits per heavy atom. The summed E-state index contributed by atoms with van der Waals surface area (Å²) in [5.41, 5.74) is 0.603. The van der Waals surface area contributed by atoms with Crippen molar-refractivity contribution in [2.75, 3.05) is 32.1 Å². The van der Waals surface area contributed by atoms with E-state index in [9.17, 15) is 9.18 Å². The van der Waals surface area contributed by atoms with Crippen molar-refractivity contribution in [1.82, 2.24) is 4.90 Å². The summed E-state index contributed by atoms with van der Waals surface area (Å²) in [6.07, 6.45) is 4.68. The van der Waals surface area contributed by atoms with Crippen LogP contribution in [0.4, 0.5) is 4.39 Å². The summed E-state index contributed by atoms with van der Waals surface area (Å²) in [5, 5.41) is 0. The van der Waals surface area contributed by atoms with Crippen LogP contribution in [0.2, 0.25) is 0 Å². The Bertz CT molecular complexity index is 380. The summed E-state index contributed by atoms with van der Waals surface area (Å²) >= 11 is 1.86. The number of rotatable bonds is 9. The number of thioether (sulfide) groups is 1. The van der Waals surface area contributed by atoms with Gasteiger partial charge in [-0.1, -0.05) is 0 Å². The molecule has 0 aliphatic carbocycles. The first-order valence-corrected chi connectivity index (χ1v) is 7.99. The molecule has 0 aliphatic heterocycles. The lowest BCUT2D eigenvalue weighted by molar-refractivity contribution is 0.0976. The van der Waals surface area contributed by atoms with Gasteiger partial charge in [0.1, 0.15) is 5.82 Å². The molecule has 0 atom stereocenters. The lowest BCUT2D eigenvalue weighted by Gasteiger charge is -2.15. The molecule has 0 bridgehead atoms. The van der Waals surface area contributed by atoms with Crippen LogP contribution in [0.5, 0.6) is 0 Å². The second kappa shape index (κ2) is 9.10. The summed E-state index contributed by atoms with van der Waals surface area (Å²) in [4.78, 5) is 14.1. The van der Waals surface area contributed by atoms with E-state index in [0.717, 1.165) is 19.5 Å². The summed E-state index contributed by atoms with van der Waals surface area (Å²) in [6, 6.07) is 5.78. The van der Waals surface area contributed by atoms with E-state index in [4.69, 9.17) is 0 Å². The van der Waals surface area contributed by atoms with Crippen LogP contribution in [-0.2, 0) is 0 Å². The first-order chi connectivity index (χ1) is 9.13. The Kier molecular flexibility index (Phi) is 7.75. The fourth-order valence-corrected chi connectivity index (χ4v) is 2.30. The third-order valence-electron chi connectivity index (χ3n) is 3.00. The van der Waals surface area contributed by atoms with E-state index >= 15 is 0 Å². The highest BCUT2D eigenvalue weighted by Crippen LogP contribution is 2.08. The predicted octanol–water partition coefficient (Wildman–Crippen LogP) is 3.47. The third kappa shape index (κ3) is 6.73. The number of hydrogen-bond acceptors (Lipinski definition) is 3. The molecule has 4 heteroatoms. The van der Waals surface area contributed by atoms with Crippen molar-refractivity contribution in [1.29, 1.82) is 0 Å². The first-order valence-electron chi connectivity index (χ1n) is 6.59. The lowest BCUT2D eigenvalue weighted by Crippen LogP contribution is -2.22. The molecule has 0 saturated carbocycles. The topological polar surface area (TPSA) is 20.3 Å². The van der Waals surface area contributed by atoms with E-state index in [2.05, 4.69) is 18.2 Å². The third-order valence-corrected chi connectivity index (χ3v) is 3.70. The van der Waals surface area contributed by atoms with E-state index in [1.54, 1.807) is 12.1 Å². The smallest absolute Gasteiger partial charge is 0.162 e. The average molecular weight is 283 g/mol. The van der Waals surface area contributed by atoms with Gasteiger partial charge in [0.05, 0.1) is 0 Å². The van der Waals surface area contributed by atoms with Crippen molar-refractivity contribution in [2.45, 2.75) is 19.3 Å². The molecule has 0 radical (unpaired) electrons. The summed E-state index contributed by atoms with van der Waals surface area (Å²) in [5.74, 6) is 0.973. The van der Waals surface area contributed by atoms with Gasteiger partial charge in [-0.05, 0) is 69.3 Å². The fraction of sp³-hybridized carbons (Fsp3) is 0.533. The van der Waals surface area contributed by atoms with Crippen molar-refractivity contribution < 1.29 is 9.18 Å². The molecule has 0 fully saturated rings. The number of ketones is 1. The van der Waals surface area contributed by atoms with E-state index in [1.807, 2.05) is 11.8 Å². The molecule has 19 heavy (non-hydrogen) atoms. The largest absolute Gasteiger partial charge is 0.306 e. The highest BCUT2D eigenvalue weighted by atomic mass is 32.2. The Hall–Kier alpha value is -0.870. The van der Waals surface area contributed by atoms with Crippen LogP contribution in [0, 0.1) is 5.82 Å². The second-order valence-electron chi connectivity index (χ2n) is 4.68. The standard InChI is InChI=1S/C15H22FNOS/c1-17(11-4-12-19-2)10-3-5-15(18)13-6-8-14(16)9-7-13/h6-9H,3-5,10-12H2,1-2H3. The SMILES string of the molecule is CSCCCN(C)CCCC(=O)c1ccc(F)cc1. The molecular formula is C15H22FNOS. The van der Waals surface area contributed by atoms with Crippen LogP contribution >= 0.6 is 11.8 Å². The van der Waals surface area contributed by atoms with Gasteiger partial charge in [-0.2, -0.15) is 11.8 Å². The molecule has 0 saturated heterocycles. The lowest BCUT2D eigenvalue weighted by atomic mass is 10.1. The average Bonchev–Trinajstić information content (AvgIpc) is 2.39. The Labute approximate surface area is 119 Å². The number of carbonyl (C=O) groups excluding carboxylic acids is 1. The zero-order valence-corrected chi connectivity index (χ0v) is 12.5. The van der Waals surface area contributed by atoms with Crippen LogP contribution in [-0.4, -0.2) is 42.8 Å². The van der Waals surface area contributed by atoms with Crippen LogP contribution in [0.3, 0.4) is 0 Å². The molecule has 1 rings (SSSR count). The van der Waals surface area contributed by atoms with Crippen molar-refractivity contribution in [3.63, 3.8) is 0 Å². The molecule has 0 aromatic heterocycles. The number of Topliss-reactive ketones (excluding diaryl/α,β-unsaturated/α-hetero) is 1. The van der Waals surface area contributed by atoms with Gasteiger partial charge >= 0.3 is 0 Å². The molecule has 1 aromatic rings. The molecule has 106 valence electrons. The molecule has 0 aliphatic rings. The normalized spacial score (nSPS) is 10.9. The minimum absolute atomic E-state index is 0.0949. The van der Waals surface area contributed by atoms with Crippen molar-refractivity contribution in [2.24, 2.45) is 0 Å². The highest BCUT2D eigenvalue weighted by molar-refractivity contribution is 7.98. The van der Waals surface area contributed by atoms with Crippen LogP contribution in [0.15, 0.2) is 24.3 Å². The molecular weight excluding hydrogens is 261 g/mol. The van der Waals surface area contributed by atoms with Crippen LogP contribution in [0.25, 0.3) is 0 Å². The molecule has 0 heterocycles. The first kappa shape index (κ1) is 16.2. The van der Waals surface area contributed by atoms with Crippen LogP contribution in [0.1, 0.15) is 29.6 Å². The van der Waals surface area contributed by atoms with Gasteiger partial charge in [-0.25, -0.2) is 4.39 Å². The summed E-state index contributed by atoms with van der Waals surface area (Å²) in [7, 11) is 2.09. The van der Waals surface area contributed by atoms with Crippen molar-refractivity contribution >= 4 is 17.5 Å². The van der Waals surface area contributed by atoms with Gasteiger partial charge < -0.3 is 4.90 Å². The Balaban J connectivity index is 2.21. The van der Waals surface area contributed by atoms with E-state index in [0.29, 0.717) is 12.0 Å². The van der Waals surface area contributed by atoms with Crippen molar-refractivity contribution in [3.8, 4) is 0 Å². The van der Waals surface area contributed by atoms with Gasteiger partial charge in [0.2, 0.25) is 0 Å². The zero-order valence-electron chi connectivity index (χ0n) is 11.7. The second-order valence-corrected chi connectivity index (χ2v) is 5.67. The number of halogens is 1. The molecule has 1 aromatic carbocycles. The summed E-state index contributed by atoms with van der Waals surface area (Å²) < 4.78 is 12.7. The molecule has 0 spiro atoms. The van der Waals surface area contributed by atoms with E-state index in [1.165, 1.54) is 24.3 Å². The number of benzene rings is 1. The summed E-state index contributed by atoms with van der Waals surface area (Å²) in [6.45, 7) is 2.01. The molecule has 0 unspecified atom stereocenters. The maximum absolute atomic E-state index is 12.7. The monoisotopic (exact) mass is 283 g/mol. The van der Waals surface area contributed by atoms with Gasteiger partial charge in [0.25, 0.3) is 0 Å². The van der Waals surface area contributed by atoms with E-state index < -0.39 is 0 Å². The minimum Gasteiger partial charge on any atom is -0.306 e. The van der Waals surface area contributed by atoms with Gasteiger partial charge in [-0.3, -0.25) is 4.79 Å². The maximum Gasteiger partial charge on any atom is 0.162 e. The van der Waals surface area contributed by atoms with E-state index in [-0.39, 0.29) is 11.6 Å². The molecule has 0 amide bonds. The zero-order chi connectivity index (χ0) is 14.1. The molecule has 0 N–H and O–H groups in total. The highest BCUT2D eigenvalue weighted by Gasteiger charge is 2.06.